The average molecular weight is 286 g/mol. The summed E-state index contributed by atoms with van der Waals surface area (Å²) in [7, 11) is 0. The van der Waals surface area contributed by atoms with Gasteiger partial charge in [0.15, 0.2) is 0 Å². The second-order valence-electron chi connectivity index (χ2n) is 5.86. The van der Waals surface area contributed by atoms with Gasteiger partial charge in [0.05, 0.1) is 17.6 Å². The fraction of sp³-hybridized carbons (Fsp3) is 0.857. The highest BCUT2D eigenvalue weighted by Gasteiger charge is 2.32. The van der Waals surface area contributed by atoms with E-state index in [2.05, 4.69) is 10.6 Å². The molecule has 2 amide bonds. The number of urea groups is 1. The van der Waals surface area contributed by atoms with Crippen molar-refractivity contribution in [3.05, 3.63) is 0 Å². The van der Waals surface area contributed by atoms with Gasteiger partial charge in [0.2, 0.25) is 0 Å². The SMILES string of the molecule is CCC(C)(CNC(=O)NC1CCCCCC1O)C(=O)O. The molecule has 1 fully saturated rings. The lowest BCUT2D eigenvalue weighted by molar-refractivity contribution is -0.147. The number of amides is 2. The summed E-state index contributed by atoms with van der Waals surface area (Å²) in [6.45, 7) is 3.46. The topological polar surface area (TPSA) is 98.7 Å². The van der Waals surface area contributed by atoms with Crippen molar-refractivity contribution in [1.82, 2.24) is 10.6 Å². The molecule has 0 aromatic carbocycles. The third-order valence-corrected chi connectivity index (χ3v) is 4.23. The summed E-state index contributed by atoms with van der Waals surface area (Å²) in [5.74, 6) is -0.921. The summed E-state index contributed by atoms with van der Waals surface area (Å²) in [6, 6.07) is -0.646. The summed E-state index contributed by atoms with van der Waals surface area (Å²) >= 11 is 0. The molecule has 0 bridgehead atoms. The Balaban J connectivity index is 2.44. The Morgan fingerprint density at radius 3 is 2.50 bits per heavy atom. The van der Waals surface area contributed by atoms with E-state index in [0.717, 1.165) is 25.7 Å². The van der Waals surface area contributed by atoms with Gasteiger partial charge in [-0.3, -0.25) is 4.79 Å². The second kappa shape index (κ2) is 7.47. The zero-order valence-electron chi connectivity index (χ0n) is 12.3. The lowest BCUT2D eigenvalue weighted by Gasteiger charge is -2.25. The monoisotopic (exact) mass is 286 g/mol. The molecular formula is C14H26N2O4. The molecule has 1 saturated carbocycles. The molecule has 116 valence electrons. The number of hydrogen-bond acceptors (Lipinski definition) is 3. The molecule has 0 spiro atoms. The predicted octanol–water partition coefficient (Wildman–Crippen LogP) is 1.48. The van der Waals surface area contributed by atoms with Crippen molar-refractivity contribution in [3.8, 4) is 0 Å². The number of carboxylic acids is 1. The van der Waals surface area contributed by atoms with Crippen LogP contribution in [0, 0.1) is 5.41 Å². The number of nitrogens with one attached hydrogen (secondary N) is 2. The highest BCUT2D eigenvalue weighted by molar-refractivity contribution is 5.78. The largest absolute Gasteiger partial charge is 0.481 e. The minimum absolute atomic E-state index is 0.0769. The summed E-state index contributed by atoms with van der Waals surface area (Å²) in [5.41, 5.74) is -0.959. The van der Waals surface area contributed by atoms with Crippen LogP contribution in [0.1, 0.15) is 52.4 Å². The first-order chi connectivity index (χ1) is 9.39. The van der Waals surface area contributed by atoms with E-state index in [1.807, 2.05) is 0 Å². The van der Waals surface area contributed by atoms with Crippen LogP contribution in [0.3, 0.4) is 0 Å². The molecule has 0 aliphatic heterocycles. The quantitative estimate of drug-likeness (QED) is 0.575. The normalized spacial score (nSPS) is 26.1. The molecule has 1 aliphatic carbocycles. The maximum Gasteiger partial charge on any atom is 0.315 e. The molecule has 6 nitrogen and oxygen atoms in total. The van der Waals surface area contributed by atoms with E-state index >= 15 is 0 Å². The van der Waals surface area contributed by atoms with E-state index in [9.17, 15) is 14.7 Å². The van der Waals surface area contributed by atoms with Crippen LogP contribution < -0.4 is 10.6 Å². The first-order valence-corrected chi connectivity index (χ1v) is 7.35. The van der Waals surface area contributed by atoms with E-state index in [-0.39, 0.29) is 12.6 Å². The third-order valence-electron chi connectivity index (χ3n) is 4.23. The van der Waals surface area contributed by atoms with Crippen LogP contribution in [0.5, 0.6) is 0 Å². The van der Waals surface area contributed by atoms with Gasteiger partial charge in [-0.2, -0.15) is 0 Å². The molecule has 0 radical (unpaired) electrons. The minimum atomic E-state index is -0.959. The Kier molecular flexibility index (Phi) is 6.26. The Morgan fingerprint density at radius 2 is 1.90 bits per heavy atom. The molecule has 3 unspecified atom stereocenters. The number of rotatable bonds is 5. The van der Waals surface area contributed by atoms with Crippen molar-refractivity contribution in [3.63, 3.8) is 0 Å². The lowest BCUT2D eigenvalue weighted by Crippen LogP contribution is -2.50. The molecule has 4 N–H and O–H groups in total. The minimum Gasteiger partial charge on any atom is -0.481 e. The van der Waals surface area contributed by atoms with Crippen molar-refractivity contribution < 1.29 is 19.8 Å². The first kappa shape index (κ1) is 16.8. The number of carbonyl (C=O) groups is 2. The van der Waals surface area contributed by atoms with Crippen molar-refractivity contribution in [2.75, 3.05) is 6.54 Å². The molecule has 1 aliphatic rings. The van der Waals surface area contributed by atoms with Crippen LogP contribution in [-0.4, -0.2) is 40.9 Å². The molecule has 0 aromatic heterocycles. The number of aliphatic hydroxyl groups is 1. The summed E-state index contributed by atoms with van der Waals surface area (Å²) in [6.07, 6.45) is 4.43. The summed E-state index contributed by atoms with van der Waals surface area (Å²) in [5, 5.41) is 24.4. The number of hydrogen-bond donors (Lipinski definition) is 4. The van der Waals surface area contributed by atoms with Gasteiger partial charge < -0.3 is 20.8 Å². The standard InChI is InChI=1S/C14H26N2O4/c1-3-14(2,12(18)19)9-15-13(20)16-10-7-5-4-6-8-11(10)17/h10-11,17H,3-9H2,1-2H3,(H,18,19)(H2,15,16,20). The average Bonchev–Trinajstić information content (AvgIpc) is 2.61. The van der Waals surface area contributed by atoms with Gasteiger partial charge in [-0.25, -0.2) is 4.79 Å². The Hall–Kier alpha value is -1.30. The highest BCUT2D eigenvalue weighted by Crippen LogP contribution is 2.20. The maximum atomic E-state index is 11.8. The van der Waals surface area contributed by atoms with Crippen molar-refractivity contribution in [2.24, 2.45) is 5.41 Å². The summed E-state index contributed by atoms with van der Waals surface area (Å²) < 4.78 is 0. The van der Waals surface area contributed by atoms with Crippen LogP contribution in [-0.2, 0) is 4.79 Å². The molecule has 20 heavy (non-hydrogen) atoms. The first-order valence-electron chi connectivity index (χ1n) is 7.35. The van der Waals surface area contributed by atoms with Gasteiger partial charge in [-0.1, -0.05) is 26.2 Å². The lowest BCUT2D eigenvalue weighted by atomic mass is 9.88. The third kappa shape index (κ3) is 4.67. The Morgan fingerprint density at radius 1 is 1.25 bits per heavy atom. The molecular weight excluding hydrogens is 260 g/mol. The van der Waals surface area contributed by atoms with Gasteiger partial charge in [0.25, 0.3) is 0 Å². The van der Waals surface area contributed by atoms with Gasteiger partial charge in [-0.15, -0.1) is 0 Å². The fourth-order valence-electron chi connectivity index (χ4n) is 2.30. The van der Waals surface area contributed by atoms with Crippen LogP contribution in [0.15, 0.2) is 0 Å². The van der Waals surface area contributed by atoms with Gasteiger partial charge >= 0.3 is 12.0 Å². The molecule has 0 saturated heterocycles. The Labute approximate surface area is 119 Å². The van der Waals surface area contributed by atoms with Crippen LogP contribution in [0.25, 0.3) is 0 Å². The molecule has 1 rings (SSSR count). The maximum absolute atomic E-state index is 11.8. The summed E-state index contributed by atoms with van der Waals surface area (Å²) in [4.78, 5) is 23.0. The number of aliphatic hydroxyl groups excluding tert-OH is 1. The number of carbonyl (C=O) groups excluding carboxylic acids is 1. The van der Waals surface area contributed by atoms with E-state index < -0.39 is 23.5 Å². The molecule has 6 heteroatoms. The zero-order valence-corrected chi connectivity index (χ0v) is 12.3. The van der Waals surface area contributed by atoms with Crippen molar-refractivity contribution >= 4 is 12.0 Å². The molecule has 0 heterocycles. The number of aliphatic carboxylic acids is 1. The Bertz CT molecular complexity index is 348. The number of carboxylic acid groups (broad SMARTS) is 1. The fourth-order valence-corrected chi connectivity index (χ4v) is 2.30. The van der Waals surface area contributed by atoms with Crippen LogP contribution in [0.4, 0.5) is 4.79 Å². The zero-order chi connectivity index (χ0) is 15.2. The second-order valence-corrected chi connectivity index (χ2v) is 5.86. The van der Waals surface area contributed by atoms with Gasteiger partial charge in [-0.05, 0) is 26.2 Å². The van der Waals surface area contributed by atoms with E-state index in [4.69, 9.17) is 5.11 Å². The van der Waals surface area contributed by atoms with Gasteiger partial charge in [0, 0.05) is 6.54 Å². The molecule has 0 aromatic rings. The van der Waals surface area contributed by atoms with E-state index in [1.54, 1.807) is 13.8 Å². The van der Waals surface area contributed by atoms with Gasteiger partial charge in [0.1, 0.15) is 0 Å². The van der Waals surface area contributed by atoms with Crippen molar-refractivity contribution in [1.29, 1.82) is 0 Å². The van der Waals surface area contributed by atoms with Crippen LogP contribution >= 0.6 is 0 Å². The molecule has 3 atom stereocenters. The predicted molar refractivity (Wildman–Crippen MR) is 75.4 cm³/mol. The van der Waals surface area contributed by atoms with Crippen molar-refractivity contribution in [2.45, 2.75) is 64.5 Å². The smallest absolute Gasteiger partial charge is 0.315 e. The highest BCUT2D eigenvalue weighted by atomic mass is 16.4. The van der Waals surface area contributed by atoms with Crippen LogP contribution in [0.2, 0.25) is 0 Å². The van der Waals surface area contributed by atoms with E-state index in [0.29, 0.717) is 12.8 Å². The van der Waals surface area contributed by atoms with E-state index in [1.165, 1.54) is 0 Å².